The SMILES string of the molecule is CCc1nn(C2CCCC2)c2nc(-c3ccncc3OCCOC)[nH]c(=O)c12. The Morgan fingerprint density at radius 1 is 1.29 bits per heavy atom. The summed E-state index contributed by atoms with van der Waals surface area (Å²) in [6.07, 6.45) is 8.50. The van der Waals surface area contributed by atoms with E-state index in [0.29, 0.717) is 53.8 Å². The van der Waals surface area contributed by atoms with Crippen LogP contribution in [0, 0.1) is 0 Å². The van der Waals surface area contributed by atoms with Gasteiger partial charge in [-0.15, -0.1) is 0 Å². The van der Waals surface area contributed by atoms with Crippen LogP contribution in [0.15, 0.2) is 23.3 Å². The third kappa shape index (κ3) is 3.40. The highest BCUT2D eigenvalue weighted by Crippen LogP contribution is 2.33. The maximum absolute atomic E-state index is 12.9. The van der Waals surface area contributed by atoms with Gasteiger partial charge >= 0.3 is 0 Å². The monoisotopic (exact) mass is 383 g/mol. The number of aromatic nitrogens is 5. The Morgan fingerprint density at radius 3 is 2.86 bits per heavy atom. The van der Waals surface area contributed by atoms with E-state index in [2.05, 4.69) is 9.97 Å². The van der Waals surface area contributed by atoms with Gasteiger partial charge in [-0.05, 0) is 25.3 Å². The average Bonchev–Trinajstić information content (AvgIpc) is 3.36. The Bertz CT molecular complexity index is 1020. The zero-order chi connectivity index (χ0) is 19.5. The molecular formula is C20H25N5O3. The summed E-state index contributed by atoms with van der Waals surface area (Å²) in [4.78, 5) is 24.8. The van der Waals surface area contributed by atoms with Crippen LogP contribution in [0.25, 0.3) is 22.4 Å². The maximum Gasteiger partial charge on any atom is 0.262 e. The minimum atomic E-state index is -0.166. The molecule has 1 N–H and O–H groups in total. The van der Waals surface area contributed by atoms with Crippen LogP contribution >= 0.6 is 0 Å². The van der Waals surface area contributed by atoms with Crippen molar-refractivity contribution >= 4 is 11.0 Å². The topological polar surface area (TPSA) is 94.9 Å². The zero-order valence-electron chi connectivity index (χ0n) is 16.3. The number of hydrogen-bond donors (Lipinski definition) is 1. The van der Waals surface area contributed by atoms with E-state index in [4.69, 9.17) is 19.6 Å². The Labute approximate surface area is 162 Å². The predicted molar refractivity (Wildman–Crippen MR) is 106 cm³/mol. The molecule has 1 saturated carbocycles. The second-order valence-electron chi connectivity index (χ2n) is 7.01. The summed E-state index contributed by atoms with van der Waals surface area (Å²) in [5, 5.41) is 5.33. The molecule has 0 atom stereocenters. The first-order chi connectivity index (χ1) is 13.7. The van der Waals surface area contributed by atoms with Crippen molar-refractivity contribution in [1.29, 1.82) is 0 Å². The van der Waals surface area contributed by atoms with Crippen molar-refractivity contribution in [2.75, 3.05) is 20.3 Å². The first-order valence-corrected chi connectivity index (χ1v) is 9.80. The molecule has 4 rings (SSSR count). The van der Waals surface area contributed by atoms with Crippen LogP contribution in [0.1, 0.15) is 44.3 Å². The Balaban J connectivity index is 1.83. The predicted octanol–water partition coefficient (Wildman–Crippen LogP) is 2.88. The number of nitrogens with one attached hydrogen (secondary N) is 1. The Morgan fingerprint density at radius 2 is 2.11 bits per heavy atom. The molecule has 3 aromatic heterocycles. The molecule has 0 aromatic carbocycles. The minimum absolute atomic E-state index is 0.166. The zero-order valence-corrected chi connectivity index (χ0v) is 16.3. The fourth-order valence-electron chi connectivity index (χ4n) is 3.82. The molecule has 0 saturated heterocycles. The van der Waals surface area contributed by atoms with Crippen LogP contribution in [0.4, 0.5) is 0 Å². The quantitative estimate of drug-likeness (QED) is 0.631. The highest BCUT2D eigenvalue weighted by molar-refractivity contribution is 5.80. The molecule has 0 amide bonds. The summed E-state index contributed by atoms with van der Waals surface area (Å²) in [5.74, 6) is 1.03. The summed E-state index contributed by atoms with van der Waals surface area (Å²) in [5.41, 5.74) is 1.98. The number of nitrogens with zero attached hydrogens (tertiary/aromatic N) is 4. The van der Waals surface area contributed by atoms with Gasteiger partial charge in [0.25, 0.3) is 5.56 Å². The average molecular weight is 383 g/mol. The molecule has 148 valence electrons. The largest absolute Gasteiger partial charge is 0.489 e. The summed E-state index contributed by atoms with van der Waals surface area (Å²) in [7, 11) is 1.62. The summed E-state index contributed by atoms with van der Waals surface area (Å²) < 4.78 is 12.8. The summed E-state index contributed by atoms with van der Waals surface area (Å²) in [6, 6.07) is 2.10. The number of H-pyrrole nitrogens is 1. The molecule has 0 bridgehead atoms. The van der Waals surface area contributed by atoms with Crippen LogP contribution in [0.2, 0.25) is 0 Å². The molecule has 0 aliphatic heterocycles. The Kier molecular flexibility index (Phi) is 5.38. The number of pyridine rings is 1. The van der Waals surface area contributed by atoms with E-state index in [0.717, 1.165) is 18.5 Å². The van der Waals surface area contributed by atoms with E-state index in [-0.39, 0.29) is 5.56 Å². The molecule has 1 fully saturated rings. The van der Waals surface area contributed by atoms with Crippen molar-refractivity contribution < 1.29 is 9.47 Å². The first kappa shape index (κ1) is 18.6. The molecule has 8 nitrogen and oxygen atoms in total. The lowest BCUT2D eigenvalue weighted by Gasteiger charge is -2.12. The van der Waals surface area contributed by atoms with E-state index < -0.39 is 0 Å². The Hall–Kier alpha value is -2.74. The highest BCUT2D eigenvalue weighted by atomic mass is 16.5. The van der Waals surface area contributed by atoms with Gasteiger partial charge in [0.05, 0.1) is 30.1 Å². The van der Waals surface area contributed by atoms with Gasteiger partial charge in [-0.2, -0.15) is 5.10 Å². The van der Waals surface area contributed by atoms with Crippen molar-refractivity contribution in [3.63, 3.8) is 0 Å². The molecule has 3 heterocycles. The van der Waals surface area contributed by atoms with Gasteiger partial charge in [0, 0.05) is 13.3 Å². The fourth-order valence-corrected chi connectivity index (χ4v) is 3.82. The molecule has 0 unspecified atom stereocenters. The van der Waals surface area contributed by atoms with Gasteiger partial charge in [-0.1, -0.05) is 19.8 Å². The van der Waals surface area contributed by atoms with Crippen molar-refractivity contribution in [2.45, 2.75) is 45.1 Å². The smallest absolute Gasteiger partial charge is 0.262 e. The number of methoxy groups -OCH3 is 1. The lowest BCUT2D eigenvalue weighted by atomic mass is 10.2. The summed E-state index contributed by atoms with van der Waals surface area (Å²) >= 11 is 0. The van der Waals surface area contributed by atoms with Crippen LogP contribution < -0.4 is 10.3 Å². The lowest BCUT2D eigenvalue weighted by Crippen LogP contribution is -2.13. The van der Waals surface area contributed by atoms with E-state index in [9.17, 15) is 4.79 Å². The molecule has 1 aliphatic rings. The standard InChI is InChI=1S/C20H25N5O3/c1-3-15-17-19(25(24-15)13-6-4-5-7-13)22-18(23-20(17)26)14-8-9-21-12-16(14)28-11-10-27-2/h8-9,12-13H,3-7,10-11H2,1-2H3,(H,22,23,26). The van der Waals surface area contributed by atoms with Crippen LogP contribution in [0.5, 0.6) is 5.75 Å². The van der Waals surface area contributed by atoms with E-state index in [1.54, 1.807) is 25.6 Å². The third-order valence-corrected chi connectivity index (χ3v) is 5.22. The van der Waals surface area contributed by atoms with Gasteiger partial charge < -0.3 is 14.5 Å². The number of aryl methyl sites for hydroxylation is 1. The second-order valence-corrected chi connectivity index (χ2v) is 7.01. The number of ether oxygens (including phenoxy) is 2. The molecule has 28 heavy (non-hydrogen) atoms. The number of hydrogen-bond acceptors (Lipinski definition) is 6. The fraction of sp³-hybridized carbons (Fsp3) is 0.500. The normalized spacial score (nSPS) is 14.8. The molecule has 1 aliphatic carbocycles. The van der Waals surface area contributed by atoms with Crippen molar-refractivity contribution in [3.05, 3.63) is 34.5 Å². The molecule has 8 heteroatoms. The molecule has 0 radical (unpaired) electrons. The van der Waals surface area contributed by atoms with Gasteiger partial charge in [0.15, 0.2) is 5.65 Å². The third-order valence-electron chi connectivity index (χ3n) is 5.22. The molecule has 3 aromatic rings. The van der Waals surface area contributed by atoms with Gasteiger partial charge in [-0.3, -0.25) is 9.78 Å². The van der Waals surface area contributed by atoms with Gasteiger partial charge in [-0.25, -0.2) is 9.67 Å². The van der Waals surface area contributed by atoms with Gasteiger partial charge in [0.2, 0.25) is 0 Å². The first-order valence-electron chi connectivity index (χ1n) is 9.80. The molecule has 0 spiro atoms. The minimum Gasteiger partial charge on any atom is -0.489 e. The second kappa shape index (κ2) is 8.10. The van der Waals surface area contributed by atoms with E-state index in [1.165, 1.54) is 12.8 Å². The number of fused-ring (bicyclic) bond motifs is 1. The van der Waals surface area contributed by atoms with Gasteiger partial charge in [0.1, 0.15) is 23.6 Å². The van der Waals surface area contributed by atoms with Crippen LogP contribution in [-0.2, 0) is 11.2 Å². The van der Waals surface area contributed by atoms with Crippen LogP contribution in [-0.4, -0.2) is 45.1 Å². The lowest BCUT2D eigenvalue weighted by molar-refractivity contribution is 0.146. The molecular weight excluding hydrogens is 358 g/mol. The number of aromatic amines is 1. The van der Waals surface area contributed by atoms with Crippen molar-refractivity contribution in [1.82, 2.24) is 24.7 Å². The van der Waals surface area contributed by atoms with E-state index in [1.807, 2.05) is 11.6 Å². The van der Waals surface area contributed by atoms with E-state index >= 15 is 0 Å². The van der Waals surface area contributed by atoms with Crippen LogP contribution in [0.3, 0.4) is 0 Å². The highest BCUT2D eigenvalue weighted by Gasteiger charge is 2.24. The van der Waals surface area contributed by atoms with Crippen molar-refractivity contribution in [3.8, 4) is 17.1 Å². The van der Waals surface area contributed by atoms with Crippen molar-refractivity contribution in [2.24, 2.45) is 0 Å². The maximum atomic E-state index is 12.9. The number of rotatable bonds is 7. The summed E-state index contributed by atoms with van der Waals surface area (Å²) in [6.45, 7) is 2.87.